The molecular formula is C17H13ClN4O4. The van der Waals surface area contributed by atoms with E-state index in [0.29, 0.717) is 34.8 Å². The van der Waals surface area contributed by atoms with Crippen LogP contribution in [0.2, 0.25) is 5.02 Å². The summed E-state index contributed by atoms with van der Waals surface area (Å²) in [6, 6.07) is 8.58. The summed E-state index contributed by atoms with van der Waals surface area (Å²) in [7, 11) is 1.85. The number of nitrogens with zero attached hydrogens (tertiary/aromatic N) is 4. The monoisotopic (exact) mass is 372 g/mol. The van der Waals surface area contributed by atoms with E-state index in [0.717, 1.165) is 5.56 Å². The second kappa shape index (κ2) is 6.30. The summed E-state index contributed by atoms with van der Waals surface area (Å²) < 4.78 is 10.7. The number of aromatic nitrogens is 2. The summed E-state index contributed by atoms with van der Waals surface area (Å²) in [4.78, 5) is 21.0. The van der Waals surface area contributed by atoms with Crippen molar-refractivity contribution in [2.45, 2.75) is 6.54 Å². The lowest BCUT2D eigenvalue weighted by Crippen LogP contribution is -2.18. The number of anilines is 1. The summed E-state index contributed by atoms with van der Waals surface area (Å²) >= 11 is 5.97. The van der Waals surface area contributed by atoms with E-state index < -0.39 is 4.92 Å². The number of hydrogen-bond donors (Lipinski definition) is 0. The molecule has 2 heterocycles. The van der Waals surface area contributed by atoms with Gasteiger partial charge in [-0.25, -0.2) is 9.97 Å². The molecule has 9 heteroatoms. The predicted molar refractivity (Wildman–Crippen MR) is 95.9 cm³/mol. The Kier molecular flexibility index (Phi) is 3.96. The first-order chi connectivity index (χ1) is 12.5. The molecule has 1 aliphatic heterocycles. The van der Waals surface area contributed by atoms with Crippen LogP contribution in [-0.4, -0.2) is 28.7 Å². The summed E-state index contributed by atoms with van der Waals surface area (Å²) in [5.74, 6) is 1.99. The van der Waals surface area contributed by atoms with Crippen LogP contribution in [0.15, 0.2) is 36.7 Å². The van der Waals surface area contributed by atoms with Gasteiger partial charge in [-0.15, -0.1) is 0 Å². The van der Waals surface area contributed by atoms with Crippen LogP contribution in [0.5, 0.6) is 11.5 Å². The molecular weight excluding hydrogens is 360 g/mol. The molecule has 26 heavy (non-hydrogen) atoms. The Labute approximate surface area is 153 Å². The van der Waals surface area contributed by atoms with Gasteiger partial charge in [0.1, 0.15) is 17.2 Å². The Bertz CT molecular complexity index is 1030. The average Bonchev–Trinajstić information content (AvgIpc) is 3.08. The van der Waals surface area contributed by atoms with Crippen LogP contribution in [0.1, 0.15) is 5.56 Å². The minimum atomic E-state index is -0.517. The second-order valence-corrected chi connectivity index (χ2v) is 6.23. The molecule has 132 valence electrons. The highest BCUT2D eigenvalue weighted by atomic mass is 35.5. The van der Waals surface area contributed by atoms with Crippen molar-refractivity contribution in [2.75, 3.05) is 18.7 Å². The number of rotatable bonds is 4. The maximum atomic E-state index is 11.2. The fraction of sp³-hybridized carbons (Fsp3) is 0.176. The van der Waals surface area contributed by atoms with E-state index in [1.165, 1.54) is 18.5 Å². The van der Waals surface area contributed by atoms with Crippen molar-refractivity contribution >= 4 is 34.0 Å². The van der Waals surface area contributed by atoms with Gasteiger partial charge in [0.15, 0.2) is 11.5 Å². The molecule has 1 aromatic heterocycles. The third-order valence-corrected chi connectivity index (χ3v) is 4.40. The molecule has 0 fully saturated rings. The second-order valence-electron chi connectivity index (χ2n) is 5.82. The molecule has 2 aromatic carbocycles. The number of hydrogen-bond acceptors (Lipinski definition) is 7. The van der Waals surface area contributed by atoms with Crippen molar-refractivity contribution in [1.29, 1.82) is 0 Å². The number of halogens is 1. The predicted octanol–water partition coefficient (Wildman–Crippen LogP) is 3.56. The van der Waals surface area contributed by atoms with E-state index in [2.05, 4.69) is 9.97 Å². The van der Waals surface area contributed by atoms with Gasteiger partial charge in [-0.1, -0.05) is 17.7 Å². The van der Waals surface area contributed by atoms with E-state index >= 15 is 0 Å². The van der Waals surface area contributed by atoms with Gasteiger partial charge in [-0.2, -0.15) is 0 Å². The van der Waals surface area contributed by atoms with Gasteiger partial charge in [0, 0.05) is 25.0 Å². The zero-order valence-electron chi connectivity index (χ0n) is 13.7. The van der Waals surface area contributed by atoms with Gasteiger partial charge in [0.2, 0.25) is 6.79 Å². The fourth-order valence-corrected chi connectivity index (χ4v) is 3.11. The first kappa shape index (κ1) is 16.3. The molecule has 3 aromatic rings. The molecule has 0 radical (unpaired) electrons. The van der Waals surface area contributed by atoms with Crippen LogP contribution in [-0.2, 0) is 6.54 Å². The molecule has 0 saturated heterocycles. The maximum Gasteiger partial charge on any atom is 0.288 e. The largest absolute Gasteiger partial charge is 0.454 e. The molecule has 0 atom stereocenters. The summed E-state index contributed by atoms with van der Waals surface area (Å²) in [5, 5.41) is 11.8. The van der Waals surface area contributed by atoms with Crippen LogP contribution in [0.4, 0.5) is 11.5 Å². The van der Waals surface area contributed by atoms with Crippen molar-refractivity contribution in [1.82, 2.24) is 9.97 Å². The smallest absolute Gasteiger partial charge is 0.288 e. The Morgan fingerprint density at radius 2 is 2.04 bits per heavy atom. The van der Waals surface area contributed by atoms with Crippen LogP contribution < -0.4 is 14.4 Å². The van der Waals surface area contributed by atoms with E-state index in [1.807, 2.05) is 30.1 Å². The molecule has 0 N–H and O–H groups in total. The summed E-state index contributed by atoms with van der Waals surface area (Å²) in [6.07, 6.45) is 1.41. The first-order valence-corrected chi connectivity index (χ1v) is 8.09. The highest BCUT2D eigenvalue weighted by Crippen LogP contribution is 2.35. The number of fused-ring (bicyclic) bond motifs is 2. The number of nitro groups is 1. The zero-order chi connectivity index (χ0) is 18.3. The van der Waals surface area contributed by atoms with Crippen molar-refractivity contribution in [3.8, 4) is 11.5 Å². The summed E-state index contributed by atoms with van der Waals surface area (Å²) in [6.45, 7) is 0.745. The van der Waals surface area contributed by atoms with E-state index in [9.17, 15) is 10.1 Å². The van der Waals surface area contributed by atoms with Crippen molar-refractivity contribution < 1.29 is 14.4 Å². The molecule has 0 bridgehead atoms. The van der Waals surface area contributed by atoms with E-state index in [4.69, 9.17) is 21.1 Å². The molecule has 1 aliphatic rings. The zero-order valence-corrected chi connectivity index (χ0v) is 14.4. The molecule has 0 spiro atoms. The van der Waals surface area contributed by atoms with Crippen LogP contribution in [0, 0.1) is 10.1 Å². The minimum Gasteiger partial charge on any atom is -0.454 e. The van der Waals surface area contributed by atoms with Crippen LogP contribution in [0.25, 0.3) is 10.9 Å². The lowest BCUT2D eigenvalue weighted by molar-refractivity contribution is -0.384. The molecule has 0 unspecified atom stereocenters. The highest BCUT2D eigenvalue weighted by Gasteiger charge is 2.19. The van der Waals surface area contributed by atoms with E-state index in [1.54, 1.807) is 0 Å². The molecule has 0 saturated carbocycles. The SMILES string of the molecule is CN(Cc1ccc2c(c1)OCO2)c1ncnc2cc(Cl)c([N+](=O)[O-])cc12. The number of benzene rings is 2. The van der Waals surface area contributed by atoms with Gasteiger partial charge in [-0.05, 0) is 23.8 Å². The topological polar surface area (TPSA) is 90.6 Å². The average molecular weight is 373 g/mol. The molecule has 0 aliphatic carbocycles. The normalized spacial score (nSPS) is 12.4. The highest BCUT2D eigenvalue weighted by molar-refractivity contribution is 6.33. The van der Waals surface area contributed by atoms with Gasteiger partial charge < -0.3 is 14.4 Å². The Hall–Kier alpha value is -3.13. The third-order valence-electron chi connectivity index (χ3n) is 4.10. The van der Waals surface area contributed by atoms with Gasteiger partial charge in [0.25, 0.3) is 5.69 Å². The minimum absolute atomic E-state index is 0.0468. The van der Waals surface area contributed by atoms with Gasteiger partial charge in [-0.3, -0.25) is 10.1 Å². The molecule has 8 nitrogen and oxygen atoms in total. The summed E-state index contributed by atoms with van der Waals surface area (Å²) in [5.41, 5.74) is 1.36. The van der Waals surface area contributed by atoms with Crippen molar-refractivity contribution in [2.24, 2.45) is 0 Å². The maximum absolute atomic E-state index is 11.2. The third kappa shape index (κ3) is 2.84. The quantitative estimate of drug-likeness (QED) is 0.510. The Morgan fingerprint density at radius 1 is 1.23 bits per heavy atom. The van der Waals surface area contributed by atoms with Crippen molar-refractivity contribution in [3.63, 3.8) is 0 Å². The Morgan fingerprint density at radius 3 is 2.85 bits per heavy atom. The van der Waals surface area contributed by atoms with Crippen LogP contribution in [0.3, 0.4) is 0 Å². The number of ether oxygens (including phenoxy) is 2. The van der Waals surface area contributed by atoms with Gasteiger partial charge >= 0.3 is 0 Å². The first-order valence-electron chi connectivity index (χ1n) is 7.71. The van der Waals surface area contributed by atoms with Crippen LogP contribution >= 0.6 is 11.6 Å². The molecule has 0 amide bonds. The standard InChI is InChI=1S/C17H13ClN4O4/c1-21(7-10-2-3-15-16(4-10)26-9-25-15)17-11-5-14(22(23)24)12(18)6-13(11)19-8-20-17/h2-6,8H,7,9H2,1H3. The fourth-order valence-electron chi connectivity index (χ4n) is 2.88. The lowest BCUT2D eigenvalue weighted by atomic mass is 10.1. The van der Waals surface area contributed by atoms with E-state index in [-0.39, 0.29) is 17.5 Å². The number of nitro benzene ring substituents is 1. The van der Waals surface area contributed by atoms with Gasteiger partial charge in [0.05, 0.1) is 10.4 Å². The van der Waals surface area contributed by atoms with Crippen molar-refractivity contribution in [3.05, 3.63) is 57.4 Å². The lowest BCUT2D eigenvalue weighted by Gasteiger charge is -2.20. The Balaban J connectivity index is 1.71. The molecule has 4 rings (SSSR count).